The van der Waals surface area contributed by atoms with Crippen molar-refractivity contribution in [2.45, 2.75) is 47.5 Å². The third kappa shape index (κ3) is 8.10. The lowest BCUT2D eigenvalue weighted by molar-refractivity contribution is 0.669. The molecule has 0 bridgehead atoms. The molecule has 0 saturated heterocycles. The molecule has 2 heterocycles. The Bertz CT molecular complexity index is 2700. The zero-order valence-corrected chi connectivity index (χ0v) is 32.6. The van der Waals surface area contributed by atoms with Crippen LogP contribution in [0.4, 0.5) is 0 Å². The molecule has 1 aliphatic rings. The molecule has 0 unspecified atom stereocenters. The van der Waals surface area contributed by atoms with E-state index in [0.717, 1.165) is 40.5 Å². The minimum Gasteiger partial charge on any atom is -0.456 e. The molecule has 0 spiro atoms. The van der Waals surface area contributed by atoms with Gasteiger partial charge in [0.25, 0.3) is 0 Å². The number of benzene rings is 7. The number of furan rings is 1. The van der Waals surface area contributed by atoms with Crippen LogP contribution in [0.2, 0.25) is 0 Å². The summed E-state index contributed by atoms with van der Waals surface area (Å²) in [5.74, 6) is 0. The lowest BCUT2D eigenvalue weighted by Gasteiger charge is -2.14. The SMILES string of the molecule is CC.CC1=CCCC=C1c1cccc(-c2ccc3c(c2)c2ccccc2n3-c2ccc3oc4ccccc4c3c2)c1.Cc1ccccc1.Cc1ccccc1. The van der Waals surface area contributed by atoms with Crippen LogP contribution in [0, 0.1) is 13.8 Å². The predicted molar refractivity (Wildman–Crippen MR) is 238 cm³/mol. The average Bonchev–Trinajstić information content (AvgIpc) is 3.78. The fourth-order valence-electron chi connectivity index (χ4n) is 7.36. The van der Waals surface area contributed by atoms with Gasteiger partial charge in [-0.2, -0.15) is 0 Å². The Morgan fingerprint density at radius 1 is 0.418 bits per heavy atom. The number of hydrogen-bond donors (Lipinski definition) is 0. The highest BCUT2D eigenvalue weighted by molar-refractivity contribution is 6.11. The molecule has 10 rings (SSSR count). The third-order valence-corrected chi connectivity index (χ3v) is 10.1. The topological polar surface area (TPSA) is 18.1 Å². The molecule has 9 aromatic rings. The summed E-state index contributed by atoms with van der Waals surface area (Å²) in [4.78, 5) is 0. The maximum absolute atomic E-state index is 6.11. The van der Waals surface area contributed by atoms with Crippen molar-refractivity contribution in [2.75, 3.05) is 0 Å². The van der Waals surface area contributed by atoms with E-state index in [1.54, 1.807) is 0 Å². The fraction of sp³-hybridized carbons (Fsp3) is 0.132. The molecule has 55 heavy (non-hydrogen) atoms. The van der Waals surface area contributed by atoms with Crippen molar-refractivity contribution in [2.24, 2.45) is 0 Å². The molecule has 0 amide bonds. The first kappa shape index (κ1) is 37.0. The summed E-state index contributed by atoms with van der Waals surface area (Å²) in [5, 5.41) is 4.81. The molecule has 7 aromatic carbocycles. The van der Waals surface area contributed by atoms with Crippen molar-refractivity contribution in [3.05, 3.63) is 204 Å². The van der Waals surface area contributed by atoms with E-state index in [1.807, 2.05) is 62.4 Å². The molecular formula is C53H49NO. The van der Waals surface area contributed by atoms with Crippen molar-refractivity contribution in [3.8, 4) is 16.8 Å². The normalized spacial score (nSPS) is 12.2. The molecule has 0 radical (unpaired) electrons. The van der Waals surface area contributed by atoms with Crippen molar-refractivity contribution in [1.29, 1.82) is 0 Å². The van der Waals surface area contributed by atoms with Crippen LogP contribution in [0.5, 0.6) is 0 Å². The quantitative estimate of drug-likeness (QED) is 0.178. The summed E-state index contributed by atoms with van der Waals surface area (Å²) in [5.41, 5.74) is 14.6. The van der Waals surface area contributed by atoms with Gasteiger partial charge in [0, 0.05) is 27.2 Å². The Morgan fingerprint density at radius 3 is 1.69 bits per heavy atom. The van der Waals surface area contributed by atoms with Gasteiger partial charge in [0.15, 0.2) is 0 Å². The van der Waals surface area contributed by atoms with Crippen LogP contribution in [0.3, 0.4) is 0 Å². The van der Waals surface area contributed by atoms with Crippen LogP contribution >= 0.6 is 0 Å². The lowest BCUT2D eigenvalue weighted by atomic mass is 9.91. The summed E-state index contributed by atoms with van der Waals surface area (Å²) in [7, 11) is 0. The maximum Gasteiger partial charge on any atom is 0.135 e. The van der Waals surface area contributed by atoms with E-state index >= 15 is 0 Å². The first-order chi connectivity index (χ1) is 27.0. The van der Waals surface area contributed by atoms with Gasteiger partial charge in [-0.3, -0.25) is 0 Å². The minimum absolute atomic E-state index is 0.918. The maximum atomic E-state index is 6.11. The van der Waals surface area contributed by atoms with E-state index in [2.05, 4.69) is 159 Å². The van der Waals surface area contributed by atoms with Gasteiger partial charge >= 0.3 is 0 Å². The summed E-state index contributed by atoms with van der Waals surface area (Å²) in [6.07, 6.45) is 6.99. The van der Waals surface area contributed by atoms with Crippen LogP contribution in [0.25, 0.3) is 66.1 Å². The summed E-state index contributed by atoms with van der Waals surface area (Å²) >= 11 is 0. The van der Waals surface area contributed by atoms with Crippen LogP contribution < -0.4 is 0 Å². The van der Waals surface area contributed by atoms with Crippen LogP contribution in [0.15, 0.2) is 192 Å². The first-order valence-electron chi connectivity index (χ1n) is 19.5. The first-order valence-corrected chi connectivity index (χ1v) is 19.5. The standard InChI is InChI=1S/C37H27NO.2C7H8.C2H6/c1-24-9-2-3-12-29(24)27-11-8-10-25(21-27)26-17-19-35-32(22-26)30-13-4-6-15-34(30)38(35)28-18-20-37-33(23-28)31-14-5-7-16-36(31)39-37;2*1-7-5-3-2-4-6-7;1-2/h4-23H,2-3H2,1H3;2*2-6H,1H3;1-2H3. The van der Waals surface area contributed by atoms with Crippen molar-refractivity contribution in [1.82, 2.24) is 4.57 Å². The lowest BCUT2D eigenvalue weighted by Crippen LogP contribution is -1.94. The Labute approximate surface area is 325 Å². The van der Waals surface area contributed by atoms with E-state index in [0.29, 0.717) is 0 Å². The van der Waals surface area contributed by atoms with Gasteiger partial charge in [-0.15, -0.1) is 0 Å². The zero-order chi connectivity index (χ0) is 38.1. The van der Waals surface area contributed by atoms with Crippen LogP contribution in [-0.2, 0) is 0 Å². The molecule has 0 N–H and O–H groups in total. The smallest absolute Gasteiger partial charge is 0.135 e. The number of nitrogens with zero attached hydrogens (tertiary/aromatic N) is 1. The summed E-state index contributed by atoms with van der Waals surface area (Å²) in [6.45, 7) is 10.4. The van der Waals surface area contributed by atoms with Crippen LogP contribution in [0.1, 0.15) is 50.3 Å². The Hall–Kier alpha value is -6.38. The number of hydrogen-bond acceptors (Lipinski definition) is 1. The van der Waals surface area contributed by atoms with Gasteiger partial charge in [-0.25, -0.2) is 0 Å². The van der Waals surface area contributed by atoms with E-state index in [9.17, 15) is 0 Å². The molecule has 272 valence electrons. The second-order valence-electron chi connectivity index (χ2n) is 13.8. The summed E-state index contributed by atoms with van der Waals surface area (Å²) in [6, 6.07) is 59.9. The van der Waals surface area contributed by atoms with E-state index in [4.69, 9.17) is 4.42 Å². The van der Waals surface area contributed by atoms with Gasteiger partial charge < -0.3 is 8.98 Å². The van der Waals surface area contributed by atoms with Gasteiger partial charge in [-0.1, -0.05) is 158 Å². The fourth-order valence-corrected chi connectivity index (χ4v) is 7.36. The van der Waals surface area contributed by atoms with E-state index in [1.165, 1.54) is 60.8 Å². The Balaban J connectivity index is 0.000000243. The number of aromatic nitrogens is 1. The van der Waals surface area contributed by atoms with Gasteiger partial charge in [0.05, 0.1) is 11.0 Å². The second kappa shape index (κ2) is 17.2. The van der Waals surface area contributed by atoms with Gasteiger partial charge in [0.1, 0.15) is 11.2 Å². The van der Waals surface area contributed by atoms with Crippen LogP contribution in [-0.4, -0.2) is 4.57 Å². The highest BCUT2D eigenvalue weighted by Crippen LogP contribution is 2.38. The third-order valence-electron chi connectivity index (χ3n) is 10.1. The number of para-hydroxylation sites is 2. The molecule has 2 aromatic heterocycles. The van der Waals surface area contributed by atoms with Gasteiger partial charge in [0.2, 0.25) is 0 Å². The summed E-state index contributed by atoms with van der Waals surface area (Å²) < 4.78 is 8.49. The van der Waals surface area contributed by atoms with Crippen molar-refractivity contribution in [3.63, 3.8) is 0 Å². The highest BCUT2D eigenvalue weighted by Gasteiger charge is 2.16. The average molecular weight is 716 g/mol. The highest BCUT2D eigenvalue weighted by atomic mass is 16.3. The number of fused-ring (bicyclic) bond motifs is 6. The van der Waals surface area contributed by atoms with Gasteiger partial charge in [-0.05, 0) is 110 Å². The molecular weight excluding hydrogens is 667 g/mol. The monoisotopic (exact) mass is 715 g/mol. The van der Waals surface area contributed by atoms with E-state index in [-0.39, 0.29) is 0 Å². The Morgan fingerprint density at radius 2 is 1.00 bits per heavy atom. The molecule has 0 aliphatic heterocycles. The van der Waals surface area contributed by atoms with E-state index < -0.39 is 0 Å². The number of allylic oxidation sites excluding steroid dienone is 4. The molecule has 0 fully saturated rings. The van der Waals surface area contributed by atoms with Crippen molar-refractivity contribution >= 4 is 49.3 Å². The molecule has 0 saturated carbocycles. The molecule has 2 heteroatoms. The Kier molecular flexibility index (Phi) is 11.5. The zero-order valence-electron chi connectivity index (χ0n) is 32.6. The predicted octanol–water partition coefficient (Wildman–Crippen LogP) is 15.5. The molecule has 1 aliphatic carbocycles. The largest absolute Gasteiger partial charge is 0.456 e. The second-order valence-corrected chi connectivity index (χ2v) is 13.8. The molecule has 2 nitrogen and oxygen atoms in total. The number of rotatable bonds is 3. The minimum atomic E-state index is 0.918. The molecule has 0 atom stereocenters. The van der Waals surface area contributed by atoms with Crippen molar-refractivity contribution < 1.29 is 4.42 Å². The number of aryl methyl sites for hydroxylation is 2.